The van der Waals surface area contributed by atoms with Crippen molar-refractivity contribution in [2.75, 3.05) is 30.3 Å². The molecule has 7 nitrogen and oxygen atoms in total. The summed E-state index contributed by atoms with van der Waals surface area (Å²) in [7, 11) is 0. The zero-order valence-electron chi connectivity index (χ0n) is 9.64. The molecule has 1 aliphatic rings. The van der Waals surface area contributed by atoms with E-state index in [0.717, 1.165) is 0 Å². The van der Waals surface area contributed by atoms with E-state index in [1.807, 2.05) is 0 Å². The molecule has 2 heterocycles. The minimum atomic E-state index is -0.488. The van der Waals surface area contributed by atoms with Gasteiger partial charge < -0.3 is 15.7 Å². The minimum Gasteiger partial charge on any atom is -0.396 e. The van der Waals surface area contributed by atoms with E-state index in [9.17, 15) is 9.59 Å². The summed E-state index contributed by atoms with van der Waals surface area (Å²) in [5.74, 6) is 0.369. The number of aliphatic hydroxyl groups is 1. The highest BCUT2D eigenvalue weighted by Gasteiger charge is 2.30. The van der Waals surface area contributed by atoms with Gasteiger partial charge in [0.2, 0.25) is 0 Å². The fourth-order valence-corrected chi connectivity index (χ4v) is 2.06. The van der Waals surface area contributed by atoms with Crippen LogP contribution in [0.3, 0.4) is 0 Å². The van der Waals surface area contributed by atoms with Crippen molar-refractivity contribution in [1.82, 2.24) is 9.55 Å². The Morgan fingerprint density at radius 2 is 2.12 bits per heavy atom. The van der Waals surface area contributed by atoms with Gasteiger partial charge in [-0.25, -0.2) is 4.79 Å². The molecule has 0 aliphatic carbocycles. The fraction of sp³-hybridized carbons (Fsp3) is 0.600. The van der Waals surface area contributed by atoms with Gasteiger partial charge >= 0.3 is 5.69 Å². The molecular weight excluding hydrogens is 224 g/mol. The molecule has 2 rings (SSSR count). The number of nitrogen functional groups attached to an aromatic ring is 1. The van der Waals surface area contributed by atoms with Crippen LogP contribution in [0.2, 0.25) is 0 Å². The molecule has 0 saturated carbocycles. The summed E-state index contributed by atoms with van der Waals surface area (Å²) in [6, 6.07) is 0. The highest BCUT2D eigenvalue weighted by atomic mass is 16.3. The van der Waals surface area contributed by atoms with Gasteiger partial charge in [0.1, 0.15) is 11.5 Å². The van der Waals surface area contributed by atoms with Crippen LogP contribution in [-0.2, 0) is 6.54 Å². The summed E-state index contributed by atoms with van der Waals surface area (Å²) in [4.78, 5) is 27.2. The molecule has 4 N–H and O–H groups in total. The molecule has 0 aromatic carbocycles. The third-order valence-corrected chi connectivity index (χ3v) is 3.06. The molecular formula is C10H16N4O3. The highest BCUT2D eigenvalue weighted by Crippen LogP contribution is 2.24. The van der Waals surface area contributed by atoms with Gasteiger partial charge in [0.25, 0.3) is 5.56 Å². The third-order valence-electron chi connectivity index (χ3n) is 3.06. The lowest BCUT2D eigenvalue weighted by Gasteiger charge is -2.39. The number of H-pyrrole nitrogens is 1. The molecule has 7 heteroatoms. The number of nitrogens with two attached hydrogens (primary N) is 1. The molecule has 1 aliphatic heterocycles. The summed E-state index contributed by atoms with van der Waals surface area (Å²) in [6.45, 7) is 3.47. The van der Waals surface area contributed by atoms with Gasteiger partial charge in [0.15, 0.2) is 0 Å². The Kier molecular flexibility index (Phi) is 2.93. The maximum atomic E-state index is 11.7. The van der Waals surface area contributed by atoms with Crippen LogP contribution < -0.4 is 21.9 Å². The van der Waals surface area contributed by atoms with E-state index >= 15 is 0 Å². The van der Waals surface area contributed by atoms with Crippen LogP contribution in [-0.4, -0.2) is 34.4 Å². The first-order valence-corrected chi connectivity index (χ1v) is 5.56. The Bertz CT molecular complexity index is 527. The molecule has 0 unspecified atom stereocenters. The summed E-state index contributed by atoms with van der Waals surface area (Å²) in [5, 5.41) is 8.94. The van der Waals surface area contributed by atoms with Crippen molar-refractivity contribution >= 4 is 11.5 Å². The normalized spacial score (nSPS) is 16.0. The van der Waals surface area contributed by atoms with Crippen LogP contribution >= 0.6 is 0 Å². The maximum absolute atomic E-state index is 11.7. The van der Waals surface area contributed by atoms with E-state index < -0.39 is 11.2 Å². The largest absolute Gasteiger partial charge is 0.396 e. The van der Waals surface area contributed by atoms with E-state index in [4.69, 9.17) is 10.8 Å². The summed E-state index contributed by atoms with van der Waals surface area (Å²) >= 11 is 0. The number of aliphatic hydroxyl groups excluding tert-OH is 1. The van der Waals surface area contributed by atoms with Crippen LogP contribution in [0.5, 0.6) is 0 Å². The van der Waals surface area contributed by atoms with E-state index in [1.165, 1.54) is 4.57 Å². The van der Waals surface area contributed by atoms with E-state index in [2.05, 4.69) is 4.98 Å². The van der Waals surface area contributed by atoms with Crippen LogP contribution in [0, 0.1) is 5.92 Å². The number of aromatic nitrogens is 2. The number of nitrogens with zero attached hydrogens (tertiary/aromatic N) is 2. The molecule has 0 spiro atoms. The Labute approximate surface area is 97.5 Å². The average molecular weight is 240 g/mol. The van der Waals surface area contributed by atoms with Crippen molar-refractivity contribution in [1.29, 1.82) is 0 Å². The zero-order chi connectivity index (χ0) is 12.6. The van der Waals surface area contributed by atoms with Crippen LogP contribution in [0.15, 0.2) is 9.59 Å². The number of rotatable bonds is 3. The number of anilines is 2. The van der Waals surface area contributed by atoms with Crippen LogP contribution in [0.25, 0.3) is 0 Å². The van der Waals surface area contributed by atoms with Gasteiger partial charge in [-0.15, -0.1) is 0 Å². The lowest BCUT2D eigenvalue weighted by Crippen LogP contribution is -2.51. The molecule has 0 atom stereocenters. The van der Waals surface area contributed by atoms with Gasteiger partial charge in [0.05, 0.1) is 0 Å². The second kappa shape index (κ2) is 4.25. The quantitative estimate of drug-likeness (QED) is 0.600. The molecule has 1 saturated heterocycles. The second-order valence-electron chi connectivity index (χ2n) is 4.19. The Morgan fingerprint density at radius 1 is 1.47 bits per heavy atom. The first kappa shape index (κ1) is 11.7. The van der Waals surface area contributed by atoms with Crippen molar-refractivity contribution in [2.24, 2.45) is 5.92 Å². The molecule has 1 aromatic rings. The fourth-order valence-electron chi connectivity index (χ4n) is 2.06. The van der Waals surface area contributed by atoms with Crippen molar-refractivity contribution in [3.8, 4) is 0 Å². The van der Waals surface area contributed by atoms with Crippen molar-refractivity contribution in [3.05, 3.63) is 20.8 Å². The average Bonchev–Trinajstić information content (AvgIpc) is 2.21. The lowest BCUT2D eigenvalue weighted by atomic mass is 10.0. The molecule has 17 heavy (non-hydrogen) atoms. The molecule has 0 amide bonds. The summed E-state index contributed by atoms with van der Waals surface area (Å²) in [6.07, 6.45) is 0. The van der Waals surface area contributed by atoms with Gasteiger partial charge in [-0.1, -0.05) is 0 Å². The Hall–Kier alpha value is -1.76. The first-order valence-electron chi connectivity index (χ1n) is 5.56. The van der Waals surface area contributed by atoms with Crippen molar-refractivity contribution < 1.29 is 5.11 Å². The third kappa shape index (κ3) is 1.82. The number of aromatic amines is 1. The van der Waals surface area contributed by atoms with Crippen LogP contribution in [0.1, 0.15) is 6.92 Å². The van der Waals surface area contributed by atoms with Crippen molar-refractivity contribution in [2.45, 2.75) is 13.5 Å². The zero-order valence-corrected chi connectivity index (χ0v) is 9.64. The first-order chi connectivity index (χ1) is 8.08. The number of nitrogens with one attached hydrogen (secondary N) is 1. The van der Waals surface area contributed by atoms with E-state index in [-0.39, 0.29) is 18.3 Å². The summed E-state index contributed by atoms with van der Waals surface area (Å²) in [5.41, 5.74) is 5.21. The molecule has 94 valence electrons. The predicted octanol–water partition coefficient (Wildman–Crippen LogP) is -1.43. The predicted molar refractivity (Wildman–Crippen MR) is 64.2 cm³/mol. The standard InChI is InChI=1S/C10H16N4O3/c1-2-14-8(11)7(9(16)12-10(14)17)13-3-6(4-13)5-15/h6,15H,2-5,11H2,1H3,(H,12,16,17). The molecule has 0 radical (unpaired) electrons. The van der Waals surface area contributed by atoms with E-state index in [1.54, 1.807) is 11.8 Å². The molecule has 1 aromatic heterocycles. The Balaban J connectivity index is 2.41. The lowest BCUT2D eigenvalue weighted by molar-refractivity contribution is 0.200. The number of hydrogen-bond acceptors (Lipinski definition) is 5. The minimum absolute atomic E-state index is 0.0989. The molecule has 1 fully saturated rings. The van der Waals surface area contributed by atoms with E-state index in [0.29, 0.717) is 25.3 Å². The smallest absolute Gasteiger partial charge is 0.330 e. The van der Waals surface area contributed by atoms with Gasteiger partial charge in [0, 0.05) is 32.2 Å². The monoisotopic (exact) mass is 240 g/mol. The van der Waals surface area contributed by atoms with Gasteiger partial charge in [-0.05, 0) is 6.92 Å². The maximum Gasteiger partial charge on any atom is 0.330 e. The number of hydrogen-bond donors (Lipinski definition) is 3. The van der Waals surface area contributed by atoms with Crippen molar-refractivity contribution in [3.63, 3.8) is 0 Å². The SMILES string of the molecule is CCn1c(N)c(N2CC(CO)C2)c(=O)[nH]c1=O. The topological polar surface area (TPSA) is 104 Å². The van der Waals surface area contributed by atoms with Crippen LogP contribution in [0.4, 0.5) is 11.5 Å². The second-order valence-corrected chi connectivity index (χ2v) is 4.19. The summed E-state index contributed by atoms with van der Waals surface area (Å²) < 4.78 is 1.32. The van der Waals surface area contributed by atoms with Gasteiger partial charge in [-0.2, -0.15) is 0 Å². The van der Waals surface area contributed by atoms with Gasteiger partial charge in [-0.3, -0.25) is 14.3 Å². The molecule has 0 bridgehead atoms. The Morgan fingerprint density at radius 3 is 2.65 bits per heavy atom. The highest BCUT2D eigenvalue weighted by molar-refractivity contribution is 5.63.